The number of carbonyl (C=O) groups is 2. The molecule has 3 rings (SSSR count). The molecule has 25 heavy (non-hydrogen) atoms. The smallest absolute Gasteiger partial charge is 0.337 e. The Morgan fingerprint density at radius 3 is 2.80 bits per heavy atom. The Morgan fingerprint density at radius 2 is 2.16 bits per heavy atom. The number of nitrogens with zero attached hydrogens (tertiary/aromatic N) is 1. The van der Waals surface area contributed by atoms with Crippen LogP contribution in [-0.2, 0) is 9.53 Å². The van der Waals surface area contributed by atoms with Crippen molar-refractivity contribution in [3.05, 3.63) is 29.3 Å². The van der Waals surface area contributed by atoms with Crippen LogP contribution in [0.25, 0.3) is 0 Å². The Kier molecular flexibility index (Phi) is 4.47. The second-order valence-corrected chi connectivity index (χ2v) is 7.02. The highest BCUT2D eigenvalue weighted by molar-refractivity contribution is 5.90. The molecule has 136 valence electrons. The summed E-state index contributed by atoms with van der Waals surface area (Å²) in [6.45, 7) is 3.31. The Hall–Kier alpha value is -2.12. The molecule has 0 unspecified atom stereocenters. The van der Waals surface area contributed by atoms with E-state index >= 15 is 0 Å². The second-order valence-electron chi connectivity index (χ2n) is 7.02. The molecule has 7 heteroatoms. The van der Waals surface area contributed by atoms with Crippen molar-refractivity contribution in [1.29, 1.82) is 0 Å². The van der Waals surface area contributed by atoms with Crippen molar-refractivity contribution in [3.8, 4) is 5.75 Å². The average molecular weight is 349 g/mol. The van der Waals surface area contributed by atoms with E-state index in [4.69, 9.17) is 9.47 Å². The third-order valence-electron chi connectivity index (χ3n) is 5.02. The van der Waals surface area contributed by atoms with E-state index in [1.807, 2.05) is 0 Å². The van der Waals surface area contributed by atoms with E-state index in [-0.39, 0.29) is 18.6 Å². The second kappa shape index (κ2) is 6.31. The molecule has 1 fully saturated rings. The van der Waals surface area contributed by atoms with Gasteiger partial charge in [-0.25, -0.2) is 4.79 Å². The fourth-order valence-corrected chi connectivity index (χ4v) is 3.64. The maximum Gasteiger partial charge on any atom is 0.337 e. The molecule has 2 aliphatic rings. The van der Waals surface area contributed by atoms with E-state index in [2.05, 4.69) is 0 Å². The van der Waals surface area contributed by atoms with Crippen molar-refractivity contribution in [2.24, 2.45) is 0 Å². The summed E-state index contributed by atoms with van der Waals surface area (Å²) in [5, 5.41) is 20.6. The highest BCUT2D eigenvalue weighted by atomic mass is 16.5. The van der Waals surface area contributed by atoms with Crippen LogP contribution >= 0.6 is 0 Å². The van der Waals surface area contributed by atoms with Gasteiger partial charge in [-0.3, -0.25) is 4.79 Å². The molecule has 2 heterocycles. The summed E-state index contributed by atoms with van der Waals surface area (Å²) in [6.07, 6.45) is -0.155. The molecule has 0 bridgehead atoms. The lowest BCUT2D eigenvalue weighted by Gasteiger charge is -2.46. The van der Waals surface area contributed by atoms with Gasteiger partial charge in [0.15, 0.2) is 0 Å². The summed E-state index contributed by atoms with van der Waals surface area (Å²) < 4.78 is 10.6. The molecule has 7 nitrogen and oxygen atoms in total. The van der Waals surface area contributed by atoms with Crippen molar-refractivity contribution < 1.29 is 29.3 Å². The van der Waals surface area contributed by atoms with E-state index in [1.54, 1.807) is 32.0 Å². The Bertz CT molecular complexity index is 701. The molecule has 0 aromatic heterocycles. The van der Waals surface area contributed by atoms with Crippen molar-refractivity contribution in [2.75, 3.05) is 13.7 Å². The number of aliphatic hydroxyl groups is 2. The predicted octanol–water partition coefficient (Wildman–Crippen LogP) is 1.03. The predicted molar refractivity (Wildman–Crippen MR) is 88.2 cm³/mol. The van der Waals surface area contributed by atoms with Crippen LogP contribution in [0.1, 0.15) is 48.7 Å². The van der Waals surface area contributed by atoms with Crippen LogP contribution in [0.2, 0.25) is 0 Å². The molecule has 2 N–H and O–H groups in total. The Labute approximate surface area is 146 Å². The van der Waals surface area contributed by atoms with Crippen LogP contribution in [0.5, 0.6) is 5.75 Å². The normalized spacial score (nSPS) is 27.6. The minimum atomic E-state index is -1.01. The highest BCUT2D eigenvalue weighted by Gasteiger charge is 2.49. The lowest BCUT2D eigenvalue weighted by atomic mass is 9.84. The maximum atomic E-state index is 12.5. The number of fused-ring (bicyclic) bond motifs is 1. The molecule has 1 amide bonds. The zero-order chi connectivity index (χ0) is 18.4. The van der Waals surface area contributed by atoms with Crippen molar-refractivity contribution in [1.82, 2.24) is 4.90 Å². The molecule has 2 aliphatic heterocycles. The standard InChI is InChI=1S/C18H23NO6/c1-18(2)16(22)15(19-11(9-20)5-7-14(19)21)12-8-10(17(23)24-3)4-6-13(12)25-18/h4,6,8,11,15-16,20,22H,5,7,9H2,1-3H3/t11-,15+,16-/m0/s1. The number of esters is 1. The first-order chi connectivity index (χ1) is 11.8. The van der Waals surface area contributed by atoms with Gasteiger partial charge in [0.25, 0.3) is 0 Å². The lowest BCUT2D eigenvalue weighted by Crippen LogP contribution is -2.55. The van der Waals surface area contributed by atoms with Crippen LogP contribution in [0.4, 0.5) is 0 Å². The van der Waals surface area contributed by atoms with Crippen molar-refractivity contribution in [3.63, 3.8) is 0 Å². The Morgan fingerprint density at radius 1 is 1.44 bits per heavy atom. The number of hydrogen-bond donors (Lipinski definition) is 2. The number of amides is 1. The number of ether oxygens (including phenoxy) is 2. The zero-order valence-electron chi connectivity index (χ0n) is 14.6. The van der Waals surface area contributed by atoms with Crippen LogP contribution in [-0.4, -0.2) is 58.5 Å². The van der Waals surface area contributed by atoms with Gasteiger partial charge in [-0.05, 0) is 38.5 Å². The van der Waals surface area contributed by atoms with E-state index in [1.165, 1.54) is 12.0 Å². The first kappa shape index (κ1) is 17.7. The number of aliphatic hydroxyl groups excluding tert-OH is 2. The molecule has 0 aliphatic carbocycles. The fourth-order valence-electron chi connectivity index (χ4n) is 3.64. The molecule has 0 saturated carbocycles. The van der Waals surface area contributed by atoms with Crippen LogP contribution < -0.4 is 4.74 Å². The van der Waals surface area contributed by atoms with Crippen LogP contribution in [0.3, 0.4) is 0 Å². The van der Waals surface area contributed by atoms with E-state index < -0.39 is 23.7 Å². The molecule has 1 aromatic carbocycles. The Balaban J connectivity index is 2.13. The minimum absolute atomic E-state index is 0.129. The largest absolute Gasteiger partial charge is 0.485 e. The molecular formula is C18H23NO6. The lowest BCUT2D eigenvalue weighted by molar-refractivity contribution is -0.144. The minimum Gasteiger partial charge on any atom is -0.485 e. The van der Waals surface area contributed by atoms with Crippen molar-refractivity contribution >= 4 is 11.9 Å². The highest BCUT2D eigenvalue weighted by Crippen LogP contribution is 2.45. The number of benzene rings is 1. The summed E-state index contributed by atoms with van der Waals surface area (Å²) >= 11 is 0. The van der Waals surface area contributed by atoms with E-state index in [9.17, 15) is 19.8 Å². The maximum absolute atomic E-state index is 12.5. The molecule has 0 spiro atoms. The van der Waals surface area contributed by atoms with Crippen LogP contribution in [0.15, 0.2) is 18.2 Å². The summed E-state index contributed by atoms with van der Waals surface area (Å²) in [5.74, 6) is -0.133. The third kappa shape index (κ3) is 2.87. The van der Waals surface area contributed by atoms with Gasteiger partial charge in [0, 0.05) is 12.0 Å². The summed E-state index contributed by atoms with van der Waals surface area (Å²) in [7, 11) is 1.29. The van der Waals surface area contributed by atoms with Crippen molar-refractivity contribution in [2.45, 2.75) is 50.5 Å². The number of likely N-dealkylation sites (tertiary alicyclic amines) is 1. The van der Waals surface area contributed by atoms with E-state index in [0.717, 1.165) is 0 Å². The summed E-state index contributed by atoms with van der Waals surface area (Å²) in [6, 6.07) is 3.76. The first-order valence-corrected chi connectivity index (χ1v) is 8.31. The van der Waals surface area contributed by atoms with Gasteiger partial charge in [-0.2, -0.15) is 0 Å². The zero-order valence-corrected chi connectivity index (χ0v) is 14.6. The fraction of sp³-hybridized carbons (Fsp3) is 0.556. The summed E-state index contributed by atoms with van der Waals surface area (Å²) in [4.78, 5) is 25.9. The van der Waals surface area contributed by atoms with Gasteiger partial charge in [-0.15, -0.1) is 0 Å². The van der Waals surface area contributed by atoms with E-state index in [0.29, 0.717) is 29.7 Å². The van der Waals surface area contributed by atoms with Crippen LogP contribution in [0, 0.1) is 0 Å². The van der Waals surface area contributed by atoms with Gasteiger partial charge in [0.1, 0.15) is 17.5 Å². The number of methoxy groups -OCH3 is 1. The summed E-state index contributed by atoms with van der Waals surface area (Å²) in [5.41, 5.74) is -0.0646. The number of hydrogen-bond acceptors (Lipinski definition) is 6. The van der Waals surface area contributed by atoms with Gasteiger partial charge in [0.2, 0.25) is 5.91 Å². The van der Waals surface area contributed by atoms with Gasteiger partial charge in [-0.1, -0.05) is 0 Å². The quantitative estimate of drug-likeness (QED) is 0.791. The third-order valence-corrected chi connectivity index (χ3v) is 5.02. The molecular weight excluding hydrogens is 326 g/mol. The number of rotatable bonds is 3. The molecule has 0 radical (unpaired) electrons. The molecule has 3 atom stereocenters. The molecule has 1 aromatic rings. The van der Waals surface area contributed by atoms with Gasteiger partial charge in [0.05, 0.1) is 31.4 Å². The first-order valence-electron chi connectivity index (χ1n) is 8.31. The molecule has 1 saturated heterocycles. The monoisotopic (exact) mass is 349 g/mol. The SMILES string of the molecule is COC(=O)c1ccc2c(c1)[C@@H](N1C(=O)CC[C@H]1CO)[C@H](O)C(C)(C)O2. The van der Waals surface area contributed by atoms with Gasteiger partial charge >= 0.3 is 5.97 Å². The number of carbonyl (C=O) groups excluding carboxylic acids is 2. The average Bonchev–Trinajstić information content (AvgIpc) is 2.95. The van der Waals surface area contributed by atoms with Gasteiger partial charge < -0.3 is 24.6 Å². The topological polar surface area (TPSA) is 96.3 Å².